The fourth-order valence-electron chi connectivity index (χ4n) is 5.85. The van der Waals surface area contributed by atoms with Crippen molar-refractivity contribution in [1.29, 1.82) is 0 Å². The van der Waals surface area contributed by atoms with Gasteiger partial charge in [0, 0.05) is 28.3 Å². The average Bonchev–Trinajstić information content (AvgIpc) is 3.27. The van der Waals surface area contributed by atoms with E-state index in [0.29, 0.717) is 11.3 Å². The second kappa shape index (κ2) is 25.7. The molecule has 8 amide bonds. The summed E-state index contributed by atoms with van der Waals surface area (Å²) in [5.74, 6) is -4.64. The van der Waals surface area contributed by atoms with E-state index in [4.69, 9.17) is 14.2 Å². The van der Waals surface area contributed by atoms with Crippen molar-refractivity contribution in [2.24, 2.45) is 0 Å². The number of carbonyl (C=O) groups excluding carboxylic acids is 8. The van der Waals surface area contributed by atoms with Gasteiger partial charge in [-0.3, -0.25) is 81.8 Å². The summed E-state index contributed by atoms with van der Waals surface area (Å²) >= 11 is 0. The first-order valence-corrected chi connectivity index (χ1v) is 21.1. The zero-order chi connectivity index (χ0) is 50.8. The third kappa shape index (κ3) is 19.0. The Kier molecular flexibility index (Phi) is 19.9. The summed E-state index contributed by atoms with van der Waals surface area (Å²) < 4.78 is 18.7. The smallest absolute Gasteiger partial charge is 0.269 e. The van der Waals surface area contributed by atoms with Crippen LogP contribution in [0.1, 0.15) is 52.6 Å². The Balaban J connectivity index is 1.76. The molecule has 0 aliphatic rings. The molecule has 4 aromatic carbocycles. The van der Waals surface area contributed by atoms with Gasteiger partial charge >= 0.3 is 0 Å². The van der Waals surface area contributed by atoms with Crippen LogP contribution in [-0.2, 0) is 25.8 Å². The maximum absolute atomic E-state index is 13.4. The molecule has 0 aliphatic heterocycles. The summed E-state index contributed by atoms with van der Waals surface area (Å²) in [4.78, 5) is 109. The molecule has 0 aromatic heterocycles. The molecule has 0 spiro atoms. The summed E-state index contributed by atoms with van der Waals surface area (Å²) in [6, 6.07) is 19.7. The minimum atomic E-state index is -0.805. The number of benzene rings is 4. The highest BCUT2D eigenvalue weighted by Gasteiger charge is 2.20. The lowest BCUT2D eigenvalue weighted by Gasteiger charge is -2.16. The van der Waals surface area contributed by atoms with E-state index >= 15 is 0 Å². The Morgan fingerprint density at radius 3 is 0.957 bits per heavy atom. The SMILES string of the molecule is Cc1ccc(OCc2cc(Oc3cc(C(=O)NNC(=O)CN(C)C)cc(C(=O)NNC(=O)CN(C)C)c3)cc(Oc3cc(C(=O)NNC(=O)CN(C)C)cc(C(=O)NNC(=O)CN(C)C)c3)c2)cc1. The number of amides is 8. The third-order valence-electron chi connectivity index (χ3n) is 8.80. The summed E-state index contributed by atoms with van der Waals surface area (Å²) in [5.41, 5.74) is 19.5. The minimum Gasteiger partial charge on any atom is -0.489 e. The lowest BCUT2D eigenvalue weighted by molar-refractivity contribution is -0.123. The lowest BCUT2D eigenvalue weighted by Crippen LogP contribution is -2.46. The van der Waals surface area contributed by atoms with Gasteiger partial charge in [0.25, 0.3) is 47.3 Å². The maximum atomic E-state index is 13.4. The Hall–Kier alpha value is -8.12. The fourth-order valence-corrected chi connectivity index (χ4v) is 5.85. The van der Waals surface area contributed by atoms with Crippen LogP contribution in [0.15, 0.2) is 78.9 Å². The molecule has 4 rings (SSSR count). The lowest BCUT2D eigenvalue weighted by atomic mass is 10.1. The van der Waals surface area contributed by atoms with Gasteiger partial charge in [-0.15, -0.1) is 0 Å². The van der Waals surface area contributed by atoms with E-state index in [0.717, 1.165) is 5.56 Å². The van der Waals surface area contributed by atoms with Gasteiger partial charge in [-0.25, -0.2) is 0 Å². The molecule has 8 N–H and O–H groups in total. The molecule has 0 saturated carbocycles. The molecular formula is C46H58N12O11. The van der Waals surface area contributed by atoms with Crippen LogP contribution in [0.4, 0.5) is 0 Å². The first-order chi connectivity index (χ1) is 32.6. The van der Waals surface area contributed by atoms with Crippen LogP contribution in [0.5, 0.6) is 28.7 Å². The van der Waals surface area contributed by atoms with Crippen molar-refractivity contribution in [2.75, 3.05) is 82.6 Å². The van der Waals surface area contributed by atoms with Crippen molar-refractivity contribution in [2.45, 2.75) is 13.5 Å². The number of aryl methyl sites for hydroxylation is 1. The molecule has 368 valence electrons. The Labute approximate surface area is 399 Å². The summed E-state index contributed by atoms with van der Waals surface area (Å²) in [6.07, 6.45) is 0. The molecule has 0 bridgehead atoms. The predicted molar refractivity (Wildman–Crippen MR) is 252 cm³/mol. The highest BCUT2D eigenvalue weighted by molar-refractivity contribution is 6.02. The molecule has 0 atom stereocenters. The molecule has 4 aromatic rings. The number of ether oxygens (including phenoxy) is 3. The van der Waals surface area contributed by atoms with Gasteiger partial charge in [0.05, 0.1) is 26.2 Å². The molecule has 0 heterocycles. The first-order valence-electron chi connectivity index (χ1n) is 21.1. The maximum Gasteiger partial charge on any atom is 0.269 e. The van der Waals surface area contributed by atoms with E-state index in [2.05, 4.69) is 43.4 Å². The van der Waals surface area contributed by atoms with Crippen LogP contribution in [0, 0.1) is 6.92 Å². The number of nitrogens with one attached hydrogen (secondary N) is 8. The van der Waals surface area contributed by atoms with Crippen molar-refractivity contribution in [3.8, 4) is 28.7 Å². The van der Waals surface area contributed by atoms with Gasteiger partial charge in [-0.2, -0.15) is 0 Å². The highest BCUT2D eigenvalue weighted by Crippen LogP contribution is 2.33. The normalized spacial score (nSPS) is 10.8. The van der Waals surface area contributed by atoms with Crippen molar-refractivity contribution >= 4 is 47.3 Å². The molecular weight excluding hydrogens is 897 g/mol. The quantitative estimate of drug-likeness (QED) is 0.0593. The highest BCUT2D eigenvalue weighted by atomic mass is 16.5. The van der Waals surface area contributed by atoms with Crippen LogP contribution in [0.2, 0.25) is 0 Å². The van der Waals surface area contributed by atoms with Crippen LogP contribution < -0.4 is 57.6 Å². The second-order valence-electron chi connectivity index (χ2n) is 16.6. The summed E-state index contributed by atoms with van der Waals surface area (Å²) in [7, 11) is 13.4. The van der Waals surface area contributed by atoms with E-state index in [-0.39, 0.29) is 78.0 Å². The van der Waals surface area contributed by atoms with Crippen LogP contribution in [0.25, 0.3) is 0 Å². The van der Waals surface area contributed by atoms with Crippen molar-refractivity contribution in [3.63, 3.8) is 0 Å². The molecule has 0 fully saturated rings. The number of likely N-dealkylation sites (N-methyl/N-ethyl adjacent to an activating group) is 4. The molecule has 0 aliphatic carbocycles. The number of rotatable bonds is 19. The molecule has 0 saturated heterocycles. The minimum absolute atomic E-state index is 0.0264. The van der Waals surface area contributed by atoms with Crippen LogP contribution in [0.3, 0.4) is 0 Å². The molecule has 0 radical (unpaired) electrons. The standard InChI is InChI=1S/C46H58N12O11/c1-28-10-12-34(13-11-28)67-27-29-14-35(68-37-18-30(43(63)51-47-39(59)23-55(2)3)16-31(19-37)44(64)52-48-40(60)24-56(4)5)22-36(15-29)69-38-20-32(45(65)53-49-41(61)25-57(6)7)17-33(21-38)46(66)54-50-42(62)26-58(8)9/h10-22H,23-27H2,1-9H3,(H,47,59)(H,48,60)(H,49,61)(H,50,62)(H,51,63)(H,52,64)(H,53,65)(H,54,66). The van der Waals surface area contributed by atoms with Gasteiger partial charge in [0.15, 0.2) is 0 Å². The zero-order valence-corrected chi connectivity index (χ0v) is 39.8. The molecule has 69 heavy (non-hydrogen) atoms. The molecule has 0 unspecified atom stereocenters. The van der Waals surface area contributed by atoms with Gasteiger partial charge in [-0.1, -0.05) is 17.7 Å². The second-order valence-corrected chi connectivity index (χ2v) is 16.6. The van der Waals surface area contributed by atoms with E-state index in [1.165, 1.54) is 42.5 Å². The third-order valence-corrected chi connectivity index (χ3v) is 8.80. The fraction of sp³-hybridized carbons (Fsp3) is 0.304. The van der Waals surface area contributed by atoms with Crippen LogP contribution >= 0.6 is 0 Å². The first kappa shape index (κ1) is 53.5. The van der Waals surface area contributed by atoms with Crippen molar-refractivity contribution in [3.05, 3.63) is 112 Å². The monoisotopic (exact) mass is 954 g/mol. The molecule has 23 nitrogen and oxygen atoms in total. The Morgan fingerprint density at radius 1 is 0.377 bits per heavy atom. The summed E-state index contributed by atoms with van der Waals surface area (Å²) in [5, 5.41) is 0. The summed E-state index contributed by atoms with van der Waals surface area (Å²) in [6.45, 7) is 1.77. The molecule has 23 heteroatoms. The van der Waals surface area contributed by atoms with Crippen LogP contribution in [-0.4, -0.2) is 149 Å². The van der Waals surface area contributed by atoms with Gasteiger partial charge in [-0.05, 0) is 130 Å². The number of nitrogens with zero attached hydrogens (tertiary/aromatic N) is 4. The van der Waals surface area contributed by atoms with E-state index < -0.39 is 47.3 Å². The Morgan fingerprint density at radius 2 is 0.667 bits per heavy atom. The number of carbonyl (C=O) groups is 8. The van der Waals surface area contributed by atoms with E-state index in [1.54, 1.807) is 100 Å². The van der Waals surface area contributed by atoms with E-state index in [9.17, 15) is 38.4 Å². The number of hydrogen-bond acceptors (Lipinski definition) is 15. The van der Waals surface area contributed by atoms with Gasteiger partial charge in [0.1, 0.15) is 35.4 Å². The number of hydrogen-bond donors (Lipinski definition) is 8. The largest absolute Gasteiger partial charge is 0.489 e. The van der Waals surface area contributed by atoms with Crippen molar-refractivity contribution in [1.82, 2.24) is 63.0 Å². The number of hydrazine groups is 4. The van der Waals surface area contributed by atoms with E-state index in [1.807, 2.05) is 19.1 Å². The average molecular weight is 955 g/mol. The topological polar surface area (TPSA) is 273 Å². The zero-order valence-electron chi connectivity index (χ0n) is 39.8. The van der Waals surface area contributed by atoms with Crippen molar-refractivity contribution < 1.29 is 52.6 Å². The predicted octanol–water partition coefficient (Wildman–Crippen LogP) is 0.449. The van der Waals surface area contributed by atoms with Gasteiger partial charge in [0.2, 0.25) is 0 Å². The Bertz CT molecular complexity index is 2260. The van der Waals surface area contributed by atoms with Gasteiger partial charge < -0.3 is 33.8 Å².